The molecule has 1 fully saturated rings. The van der Waals surface area contributed by atoms with Crippen LogP contribution in [0.2, 0.25) is 0 Å². The second-order valence-electron chi connectivity index (χ2n) is 7.86. The molecule has 10 heteroatoms. The number of benzene rings is 1. The van der Waals surface area contributed by atoms with E-state index >= 15 is 0 Å². The zero-order chi connectivity index (χ0) is 22.9. The normalized spacial score (nSPS) is 26.3. The van der Waals surface area contributed by atoms with Crippen LogP contribution in [0.3, 0.4) is 0 Å². The first kappa shape index (κ1) is 23.4. The quantitative estimate of drug-likeness (QED) is 0.496. The van der Waals surface area contributed by atoms with Crippen molar-refractivity contribution in [2.45, 2.75) is 63.9 Å². The molecule has 0 bridgehead atoms. The molecular formula is C21H29FN2O7. The Morgan fingerprint density at radius 1 is 1.19 bits per heavy atom. The van der Waals surface area contributed by atoms with Crippen LogP contribution in [-0.4, -0.2) is 74.6 Å². The molecule has 1 saturated heterocycles. The van der Waals surface area contributed by atoms with Crippen molar-refractivity contribution in [3.8, 4) is 11.6 Å². The van der Waals surface area contributed by atoms with E-state index in [1.807, 2.05) is 20.8 Å². The summed E-state index contributed by atoms with van der Waals surface area (Å²) in [6.45, 7) is 5.10. The highest BCUT2D eigenvalue weighted by Crippen LogP contribution is 2.31. The number of nitrogens with zero attached hydrogens (tertiary/aromatic N) is 2. The SMILES string of the molecule is COc1ccc(Cc2c(OC3O[C@H](CO)[C@@H](O)[C@@H](O)[C@H]3O)nn(C(C)C)c2C)c(F)c1. The topological polar surface area (TPSA) is 126 Å². The maximum absolute atomic E-state index is 14.6. The fourth-order valence-corrected chi connectivity index (χ4v) is 3.59. The van der Waals surface area contributed by atoms with Crippen molar-refractivity contribution in [1.29, 1.82) is 0 Å². The molecule has 0 amide bonds. The Bertz CT molecular complexity index is 902. The number of hydrogen-bond acceptors (Lipinski definition) is 8. The molecule has 1 aliphatic heterocycles. The van der Waals surface area contributed by atoms with Gasteiger partial charge in [-0.15, -0.1) is 5.10 Å². The summed E-state index contributed by atoms with van der Waals surface area (Å²) in [5, 5.41) is 44.1. The van der Waals surface area contributed by atoms with Crippen molar-refractivity contribution < 1.29 is 39.0 Å². The summed E-state index contributed by atoms with van der Waals surface area (Å²) in [7, 11) is 1.46. The summed E-state index contributed by atoms with van der Waals surface area (Å²) >= 11 is 0. The van der Waals surface area contributed by atoms with Gasteiger partial charge in [0.1, 0.15) is 36.0 Å². The Labute approximate surface area is 179 Å². The number of halogens is 1. The van der Waals surface area contributed by atoms with Gasteiger partial charge >= 0.3 is 0 Å². The van der Waals surface area contributed by atoms with Crippen LogP contribution < -0.4 is 9.47 Å². The Hall–Kier alpha value is -2.24. The van der Waals surface area contributed by atoms with Gasteiger partial charge in [0.15, 0.2) is 0 Å². The summed E-state index contributed by atoms with van der Waals surface area (Å²) in [6.07, 6.45) is -6.99. The molecule has 172 valence electrons. The van der Waals surface area contributed by atoms with E-state index in [4.69, 9.17) is 14.2 Å². The van der Waals surface area contributed by atoms with E-state index in [1.54, 1.807) is 16.8 Å². The van der Waals surface area contributed by atoms with E-state index in [2.05, 4.69) is 5.10 Å². The summed E-state index contributed by atoms with van der Waals surface area (Å²) in [4.78, 5) is 0. The fraction of sp³-hybridized carbons (Fsp3) is 0.571. The molecule has 9 nitrogen and oxygen atoms in total. The van der Waals surface area contributed by atoms with Crippen molar-refractivity contribution in [3.63, 3.8) is 0 Å². The fourth-order valence-electron chi connectivity index (χ4n) is 3.59. The highest BCUT2D eigenvalue weighted by molar-refractivity contribution is 5.39. The highest BCUT2D eigenvalue weighted by atomic mass is 19.1. The molecular weight excluding hydrogens is 411 g/mol. The first-order valence-electron chi connectivity index (χ1n) is 10.1. The molecule has 3 rings (SSSR count). The summed E-state index contributed by atoms with van der Waals surface area (Å²) < 4.78 is 32.5. The van der Waals surface area contributed by atoms with Crippen molar-refractivity contribution >= 4 is 0 Å². The predicted molar refractivity (Wildman–Crippen MR) is 108 cm³/mol. The largest absolute Gasteiger partial charge is 0.497 e. The molecule has 2 aromatic rings. The van der Waals surface area contributed by atoms with Crippen molar-refractivity contribution in [3.05, 3.63) is 40.8 Å². The number of methoxy groups -OCH3 is 1. The Morgan fingerprint density at radius 2 is 1.90 bits per heavy atom. The second kappa shape index (κ2) is 9.49. The van der Waals surface area contributed by atoms with Gasteiger partial charge in [0, 0.05) is 29.8 Å². The maximum Gasteiger partial charge on any atom is 0.239 e. The van der Waals surface area contributed by atoms with E-state index < -0.39 is 43.1 Å². The number of aliphatic hydroxyl groups is 4. The minimum absolute atomic E-state index is 0.0217. The summed E-state index contributed by atoms with van der Waals surface area (Å²) in [5.74, 6) is 0.0502. The monoisotopic (exact) mass is 440 g/mol. The lowest BCUT2D eigenvalue weighted by atomic mass is 9.99. The maximum atomic E-state index is 14.6. The number of aromatic nitrogens is 2. The van der Waals surface area contributed by atoms with Crippen LogP contribution in [0.1, 0.15) is 36.7 Å². The predicted octanol–water partition coefficient (Wildman–Crippen LogP) is 0.690. The molecule has 0 aliphatic carbocycles. The minimum atomic E-state index is -1.58. The van der Waals surface area contributed by atoms with Gasteiger partial charge in [-0.2, -0.15) is 0 Å². The number of aliphatic hydroxyl groups excluding tert-OH is 4. The molecule has 0 saturated carbocycles. The van der Waals surface area contributed by atoms with Crippen LogP contribution in [0.5, 0.6) is 11.6 Å². The van der Waals surface area contributed by atoms with Gasteiger partial charge in [-0.3, -0.25) is 4.68 Å². The van der Waals surface area contributed by atoms with Crippen LogP contribution in [0.25, 0.3) is 0 Å². The molecule has 4 N–H and O–H groups in total. The van der Waals surface area contributed by atoms with Gasteiger partial charge in [-0.1, -0.05) is 6.07 Å². The highest BCUT2D eigenvalue weighted by Gasteiger charge is 2.45. The van der Waals surface area contributed by atoms with E-state index in [0.29, 0.717) is 16.9 Å². The Kier molecular flexibility index (Phi) is 7.17. The van der Waals surface area contributed by atoms with E-state index in [9.17, 15) is 24.8 Å². The molecule has 0 radical (unpaired) electrons. The molecule has 2 heterocycles. The number of rotatable bonds is 7. The van der Waals surface area contributed by atoms with Crippen molar-refractivity contribution in [1.82, 2.24) is 9.78 Å². The van der Waals surface area contributed by atoms with Gasteiger partial charge in [-0.25, -0.2) is 4.39 Å². The number of ether oxygens (including phenoxy) is 3. The molecule has 31 heavy (non-hydrogen) atoms. The van der Waals surface area contributed by atoms with Gasteiger partial charge in [0.2, 0.25) is 12.2 Å². The average Bonchev–Trinajstić information content (AvgIpc) is 3.05. The molecule has 1 aliphatic rings. The molecule has 1 unspecified atom stereocenters. The lowest BCUT2D eigenvalue weighted by Gasteiger charge is -2.39. The molecule has 0 spiro atoms. The van der Waals surface area contributed by atoms with Crippen LogP contribution in [0, 0.1) is 12.7 Å². The van der Waals surface area contributed by atoms with Crippen LogP contribution in [0.15, 0.2) is 18.2 Å². The van der Waals surface area contributed by atoms with E-state index in [1.165, 1.54) is 13.2 Å². The van der Waals surface area contributed by atoms with E-state index in [0.717, 1.165) is 5.69 Å². The zero-order valence-electron chi connectivity index (χ0n) is 17.9. The average molecular weight is 440 g/mol. The Balaban J connectivity index is 1.94. The lowest BCUT2D eigenvalue weighted by molar-refractivity contribution is -0.278. The second-order valence-corrected chi connectivity index (χ2v) is 7.86. The molecule has 1 aromatic heterocycles. The summed E-state index contributed by atoms with van der Waals surface area (Å²) in [6, 6.07) is 4.53. The van der Waals surface area contributed by atoms with Crippen LogP contribution in [0.4, 0.5) is 4.39 Å². The first-order valence-corrected chi connectivity index (χ1v) is 10.1. The standard InChI is InChI=1S/C21H29FN2O7/c1-10(2)24-11(3)14(7-12-5-6-13(29-4)8-15(12)22)20(23-24)31-21-19(28)18(27)17(26)16(9-25)30-21/h5-6,8,10,16-19,21,25-28H,7,9H2,1-4H3/t16-,17-,18-,19-,21?/m1/s1. The van der Waals surface area contributed by atoms with Gasteiger partial charge in [0.25, 0.3) is 0 Å². The van der Waals surface area contributed by atoms with E-state index in [-0.39, 0.29) is 18.3 Å². The third-order valence-electron chi connectivity index (χ3n) is 5.43. The molecule has 1 aromatic carbocycles. The Morgan fingerprint density at radius 3 is 2.48 bits per heavy atom. The lowest BCUT2D eigenvalue weighted by Crippen LogP contribution is -2.60. The molecule has 5 atom stereocenters. The van der Waals surface area contributed by atoms with Crippen molar-refractivity contribution in [2.24, 2.45) is 0 Å². The third kappa shape index (κ3) is 4.68. The van der Waals surface area contributed by atoms with Crippen LogP contribution in [-0.2, 0) is 11.2 Å². The van der Waals surface area contributed by atoms with Crippen LogP contribution >= 0.6 is 0 Å². The smallest absolute Gasteiger partial charge is 0.239 e. The minimum Gasteiger partial charge on any atom is -0.497 e. The zero-order valence-corrected chi connectivity index (χ0v) is 17.9. The van der Waals surface area contributed by atoms with Gasteiger partial charge in [-0.05, 0) is 32.4 Å². The van der Waals surface area contributed by atoms with Gasteiger partial charge < -0.3 is 34.6 Å². The number of hydrogen-bond donors (Lipinski definition) is 4. The first-order chi connectivity index (χ1) is 14.7. The third-order valence-corrected chi connectivity index (χ3v) is 5.43. The summed E-state index contributed by atoms with van der Waals surface area (Å²) in [5.41, 5.74) is 1.71. The van der Waals surface area contributed by atoms with Gasteiger partial charge in [0.05, 0.1) is 13.7 Å². The van der Waals surface area contributed by atoms with Crippen molar-refractivity contribution in [2.75, 3.05) is 13.7 Å².